The summed E-state index contributed by atoms with van der Waals surface area (Å²) in [5, 5.41) is 3.16. The molecule has 120 valence electrons. The lowest BCUT2D eigenvalue weighted by Crippen LogP contribution is -2.45. The molecule has 0 saturated heterocycles. The van der Waals surface area contributed by atoms with Crippen molar-refractivity contribution in [2.45, 2.75) is 45.6 Å². The van der Waals surface area contributed by atoms with Crippen molar-refractivity contribution in [3.8, 4) is 5.75 Å². The van der Waals surface area contributed by atoms with E-state index >= 15 is 0 Å². The quantitative estimate of drug-likeness (QED) is 0.448. The molecule has 0 aliphatic heterocycles. The fraction of sp³-hybridized carbons (Fsp3) is 0.562. The van der Waals surface area contributed by atoms with E-state index in [0.29, 0.717) is 11.9 Å². The predicted octanol–water partition coefficient (Wildman–Crippen LogP) is 3.51. The molecule has 0 bridgehead atoms. The number of halogens is 1. The van der Waals surface area contributed by atoms with Crippen LogP contribution in [0.25, 0.3) is 0 Å². The summed E-state index contributed by atoms with van der Waals surface area (Å²) in [4.78, 5) is 4.37. The Labute approximate surface area is 145 Å². The van der Waals surface area contributed by atoms with Crippen molar-refractivity contribution in [2.75, 3.05) is 13.7 Å². The van der Waals surface area contributed by atoms with Crippen molar-refractivity contribution in [3.05, 3.63) is 29.8 Å². The molecule has 1 unspecified atom stereocenters. The van der Waals surface area contributed by atoms with E-state index in [0.717, 1.165) is 18.7 Å². The third kappa shape index (κ3) is 8.14. The maximum absolute atomic E-state index is 5.84. The Morgan fingerprint density at radius 2 is 1.86 bits per heavy atom. The minimum atomic E-state index is -0.0464. The summed E-state index contributed by atoms with van der Waals surface area (Å²) >= 11 is 0. The molecule has 1 atom stereocenters. The van der Waals surface area contributed by atoms with Gasteiger partial charge in [-0.3, -0.25) is 4.99 Å². The topological polar surface area (TPSA) is 59.6 Å². The van der Waals surface area contributed by atoms with E-state index in [1.54, 1.807) is 7.11 Å². The summed E-state index contributed by atoms with van der Waals surface area (Å²) in [6.45, 7) is 9.12. The van der Waals surface area contributed by atoms with Gasteiger partial charge in [0.25, 0.3) is 0 Å². The second-order valence-electron chi connectivity index (χ2n) is 6.10. The second kappa shape index (κ2) is 9.12. The molecule has 1 aromatic carbocycles. The normalized spacial score (nSPS) is 13.3. The van der Waals surface area contributed by atoms with Crippen LogP contribution >= 0.6 is 24.0 Å². The number of ether oxygens (including phenoxy) is 1. The van der Waals surface area contributed by atoms with Crippen LogP contribution in [0.4, 0.5) is 0 Å². The van der Waals surface area contributed by atoms with Crippen LogP contribution in [0, 0.1) is 0 Å². The molecule has 5 heteroatoms. The number of hydrogen-bond donors (Lipinski definition) is 2. The molecule has 1 aromatic rings. The largest absolute Gasteiger partial charge is 0.497 e. The SMILES string of the molecule is COc1ccc(C(C)CCN=C(N)NC(C)(C)C)cc1.I. The Morgan fingerprint density at radius 3 is 2.33 bits per heavy atom. The zero-order valence-corrected chi connectivity index (χ0v) is 16.0. The van der Waals surface area contributed by atoms with Gasteiger partial charge < -0.3 is 15.8 Å². The average Bonchev–Trinajstić information content (AvgIpc) is 2.36. The van der Waals surface area contributed by atoms with E-state index in [-0.39, 0.29) is 29.5 Å². The zero-order chi connectivity index (χ0) is 15.2. The van der Waals surface area contributed by atoms with Crippen molar-refractivity contribution in [2.24, 2.45) is 10.7 Å². The van der Waals surface area contributed by atoms with Crippen LogP contribution in [0.2, 0.25) is 0 Å². The molecule has 0 amide bonds. The number of rotatable bonds is 5. The third-order valence-corrected chi connectivity index (χ3v) is 3.03. The number of methoxy groups -OCH3 is 1. The van der Waals surface area contributed by atoms with Gasteiger partial charge in [0.05, 0.1) is 7.11 Å². The molecular weight excluding hydrogens is 377 g/mol. The van der Waals surface area contributed by atoms with E-state index in [1.165, 1.54) is 5.56 Å². The fourth-order valence-corrected chi connectivity index (χ4v) is 1.90. The number of benzene rings is 1. The monoisotopic (exact) mass is 405 g/mol. The van der Waals surface area contributed by atoms with Crippen LogP contribution in [-0.2, 0) is 0 Å². The van der Waals surface area contributed by atoms with Crippen molar-refractivity contribution >= 4 is 29.9 Å². The highest BCUT2D eigenvalue weighted by molar-refractivity contribution is 14.0. The van der Waals surface area contributed by atoms with Crippen LogP contribution in [0.15, 0.2) is 29.3 Å². The first kappa shape index (κ1) is 20.0. The minimum absolute atomic E-state index is 0. The Kier molecular flexibility index (Phi) is 8.70. The molecule has 0 aromatic heterocycles. The van der Waals surface area contributed by atoms with Crippen LogP contribution in [-0.4, -0.2) is 25.2 Å². The highest BCUT2D eigenvalue weighted by atomic mass is 127. The number of nitrogens with zero attached hydrogens (tertiary/aromatic N) is 1. The molecule has 0 aliphatic carbocycles. The van der Waals surface area contributed by atoms with Gasteiger partial charge in [0, 0.05) is 12.1 Å². The van der Waals surface area contributed by atoms with Crippen LogP contribution in [0.3, 0.4) is 0 Å². The lowest BCUT2D eigenvalue weighted by molar-refractivity contribution is 0.414. The number of aliphatic imine (C=N–C) groups is 1. The first-order valence-electron chi connectivity index (χ1n) is 7.04. The standard InChI is InChI=1S/C16H27N3O.HI/c1-12(13-6-8-14(20-5)9-7-13)10-11-18-15(17)19-16(2,3)4;/h6-9,12H,10-11H2,1-5H3,(H3,17,18,19);1H. The lowest BCUT2D eigenvalue weighted by atomic mass is 9.98. The number of nitrogens with one attached hydrogen (secondary N) is 1. The molecule has 0 radical (unpaired) electrons. The summed E-state index contributed by atoms with van der Waals surface area (Å²) in [5.41, 5.74) is 7.09. The zero-order valence-electron chi connectivity index (χ0n) is 13.6. The van der Waals surface area contributed by atoms with Crippen molar-refractivity contribution in [1.82, 2.24) is 5.32 Å². The number of nitrogens with two attached hydrogens (primary N) is 1. The highest BCUT2D eigenvalue weighted by Gasteiger charge is 2.10. The molecule has 0 aliphatic rings. The van der Waals surface area contributed by atoms with E-state index in [4.69, 9.17) is 10.5 Å². The van der Waals surface area contributed by atoms with Gasteiger partial charge in [0.15, 0.2) is 5.96 Å². The Bertz CT molecular complexity index is 438. The summed E-state index contributed by atoms with van der Waals surface area (Å²) in [6.07, 6.45) is 0.971. The van der Waals surface area contributed by atoms with Gasteiger partial charge >= 0.3 is 0 Å². The first-order valence-corrected chi connectivity index (χ1v) is 7.04. The van der Waals surface area contributed by atoms with E-state index < -0.39 is 0 Å². The fourth-order valence-electron chi connectivity index (χ4n) is 1.90. The molecule has 0 saturated carbocycles. The van der Waals surface area contributed by atoms with Crippen LogP contribution in [0.1, 0.15) is 45.6 Å². The summed E-state index contributed by atoms with van der Waals surface area (Å²) < 4.78 is 5.16. The van der Waals surface area contributed by atoms with E-state index in [9.17, 15) is 0 Å². The minimum Gasteiger partial charge on any atom is -0.497 e. The second-order valence-corrected chi connectivity index (χ2v) is 6.10. The third-order valence-electron chi connectivity index (χ3n) is 3.03. The van der Waals surface area contributed by atoms with Crippen LogP contribution in [0.5, 0.6) is 5.75 Å². The van der Waals surface area contributed by atoms with Gasteiger partial charge in [-0.25, -0.2) is 0 Å². The highest BCUT2D eigenvalue weighted by Crippen LogP contribution is 2.21. The first-order chi connectivity index (χ1) is 9.31. The predicted molar refractivity (Wildman–Crippen MR) is 101 cm³/mol. The lowest BCUT2D eigenvalue weighted by Gasteiger charge is -2.21. The van der Waals surface area contributed by atoms with Gasteiger partial charge in [-0.15, -0.1) is 24.0 Å². The summed E-state index contributed by atoms with van der Waals surface area (Å²) in [6, 6.07) is 8.18. The maximum Gasteiger partial charge on any atom is 0.188 e. The van der Waals surface area contributed by atoms with Gasteiger partial charge in [0.1, 0.15) is 5.75 Å². The number of hydrogen-bond acceptors (Lipinski definition) is 2. The van der Waals surface area contributed by atoms with E-state index in [2.05, 4.69) is 50.1 Å². The molecule has 0 fully saturated rings. The summed E-state index contributed by atoms with van der Waals surface area (Å²) in [5.74, 6) is 1.85. The average molecular weight is 405 g/mol. The van der Waals surface area contributed by atoms with Gasteiger partial charge in [-0.2, -0.15) is 0 Å². The van der Waals surface area contributed by atoms with Crippen molar-refractivity contribution in [1.29, 1.82) is 0 Å². The molecule has 21 heavy (non-hydrogen) atoms. The molecule has 3 N–H and O–H groups in total. The number of guanidine groups is 1. The Morgan fingerprint density at radius 1 is 1.29 bits per heavy atom. The van der Waals surface area contributed by atoms with Crippen molar-refractivity contribution in [3.63, 3.8) is 0 Å². The Balaban J connectivity index is 0.00000400. The maximum atomic E-state index is 5.84. The van der Waals surface area contributed by atoms with Gasteiger partial charge in [0.2, 0.25) is 0 Å². The molecular formula is C16H28IN3O. The molecule has 4 nitrogen and oxygen atoms in total. The molecule has 1 rings (SSSR count). The smallest absolute Gasteiger partial charge is 0.188 e. The van der Waals surface area contributed by atoms with Crippen LogP contribution < -0.4 is 15.8 Å². The van der Waals surface area contributed by atoms with E-state index in [1.807, 2.05) is 12.1 Å². The van der Waals surface area contributed by atoms with Gasteiger partial charge in [-0.05, 0) is 50.8 Å². The molecule has 0 heterocycles. The van der Waals surface area contributed by atoms with Crippen molar-refractivity contribution < 1.29 is 4.74 Å². The Hall–Kier alpha value is -0.980. The molecule has 0 spiro atoms. The summed E-state index contributed by atoms with van der Waals surface area (Å²) in [7, 11) is 1.68. The van der Waals surface area contributed by atoms with Gasteiger partial charge in [-0.1, -0.05) is 19.1 Å².